The van der Waals surface area contributed by atoms with E-state index < -0.39 is 9.84 Å². The van der Waals surface area contributed by atoms with Crippen molar-refractivity contribution in [1.29, 1.82) is 0 Å². The first-order valence-corrected chi connectivity index (χ1v) is 6.53. The van der Waals surface area contributed by atoms with E-state index in [0.717, 1.165) is 0 Å². The van der Waals surface area contributed by atoms with Gasteiger partial charge in [-0.3, -0.25) is 0 Å². The Hall–Kier alpha value is -0.310. The Bertz CT molecular complexity index is 268. The van der Waals surface area contributed by atoms with Crippen molar-refractivity contribution >= 4 is 9.84 Å². The maximum atomic E-state index is 10.8. The molecule has 78 valence electrons. The predicted molar refractivity (Wildman–Crippen MR) is 57.5 cm³/mol. The number of allylic oxidation sites excluding steroid dienone is 1. The van der Waals surface area contributed by atoms with Crippen molar-refractivity contribution in [1.82, 2.24) is 0 Å². The summed E-state index contributed by atoms with van der Waals surface area (Å²) in [5, 5.41) is 0. The van der Waals surface area contributed by atoms with E-state index in [1.54, 1.807) is 6.08 Å². The van der Waals surface area contributed by atoms with E-state index in [9.17, 15) is 8.42 Å². The highest BCUT2D eigenvalue weighted by atomic mass is 32.2. The van der Waals surface area contributed by atoms with Crippen LogP contribution in [0.1, 0.15) is 27.7 Å². The highest BCUT2D eigenvalue weighted by molar-refractivity contribution is 7.90. The van der Waals surface area contributed by atoms with Crippen LogP contribution < -0.4 is 0 Å². The lowest BCUT2D eigenvalue weighted by atomic mass is 9.82. The van der Waals surface area contributed by atoms with Gasteiger partial charge in [-0.1, -0.05) is 39.8 Å². The quantitative estimate of drug-likeness (QED) is 0.661. The van der Waals surface area contributed by atoms with Gasteiger partial charge in [0.25, 0.3) is 0 Å². The summed E-state index contributed by atoms with van der Waals surface area (Å²) in [6, 6.07) is 0. The number of hydrogen-bond acceptors (Lipinski definition) is 2. The smallest absolute Gasteiger partial charge is 0.150 e. The van der Waals surface area contributed by atoms with Gasteiger partial charge in [0.05, 0.1) is 5.75 Å². The summed E-state index contributed by atoms with van der Waals surface area (Å²) in [5.74, 6) is 0.544. The minimum atomic E-state index is -2.85. The van der Waals surface area contributed by atoms with Crippen LogP contribution in [0.2, 0.25) is 0 Å². The molecule has 0 aromatic carbocycles. The summed E-state index contributed by atoms with van der Waals surface area (Å²) >= 11 is 0. The van der Waals surface area contributed by atoms with Gasteiger partial charge in [-0.25, -0.2) is 8.42 Å². The lowest BCUT2D eigenvalue weighted by Gasteiger charge is -2.24. The summed E-state index contributed by atoms with van der Waals surface area (Å²) in [6.07, 6.45) is 4.96. The van der Waals surface area contributed by atoms with Gasteiger partial charge in [0.15, 0.2) is 9.84 Å². The van der Waals surface area contributed by atoms with Gasteiger partial charge in [-0.2, -0.15) is 0 Å². The summed E-state index contributed by atoms with van der Waals surface area (Å²) < 4.78 is 21.6. The third kappa shape index (κ3) is 6.82. The molecular weight excluding hydrogens is 184 g/mol. The van der Waals surface area contributed by atoms with Crippen LogP contribution in [0.4, 0.5) is 0 Å². The van der Waals surface area contributed by atoms with Crippen LogP contribution in [0, 0.1) is 11.3 Å². The van der Waals surface area contributed by atoms with Gasteiger partial charge < -0.3 is 0 Å². The monoisotopic (exact) mass is 204 g/mol. The molecule has 0 aliphatic carbocycles. The molecule has 0 aromatic rings. The zero-order valence-electron chi connectivity index (χ0n) is 9.16. The molecule has 0 saturated carbocycles. The average molecular weight is 204 g/mol. The highest BCUT2D eigenvalue weighted by Crippen LogP contribution is 2.25. The summed E-state index contributed by atoms with van der Waals surface area (Å²) in [4.78, 5) is 0. The van der Waals surface area contributed by atoms with Crippen LogP contribution in [0.3, 0.4) is 0 Å². The Kier molecular flexibility index (Phi) is 4.17. The number of rotatable bonds is 3. The van der Waals surface area contributed by atoms with Crippen LogP contribution in [-0.4, -0.2) is 20.4 Å². The first-order valence-electron chi connectivity index (χ1n) is 4.47. The zero-order chi connectivity index (χ0) is 10.7. The summed E-state index contributed by atoms with van der Waals surface area (Å²) in [6.45, 7) is 8.52. The van der Waals surface area contributed by atoms with Crippen LogP contribution in [0.5, 0.6) is 0 Å². The summed E-state index contributed by atoms with van der Waals surface area (Å²) in [7, 11) is -2.85. The SMILES string of the molecule is CC(/C=C/CS(C)(=O)=O)C(C)(C)C. The van der Waals surface area contributed by atoms with Crippen molar-refractivity contribution in [3.8, 4) is 0 Å². The molecule has 0 bridgehead atoms. The minimum absolute atomic E-state index is 0.146. The molecule has 13 heavy (non-hydrogen) atoms. The van der Waals surface area contributed by atoms with Crippen molar-refractivity contribution in [2.24, 2.45) is 11.3 Å². The van der Waals surface area contributed by atoms with Crippen LogP contribution in [0.25, 0.3) is 0 Å². The van der Waals surface area contributed by atoms with Crippen LogP contribution in [-0.2, 0) is 9.84 Å². The highest BCUT2D eigenvalue weighted by Gasteiger charge is 2.16. The van der Waals surface area contributed by atoms with Gasteiger partial charge in [0.1, 0.15) is 0 Å². The first kappa shape index (κ1) is 12.7. The standard InChI is InChI=1S/C10H20O2S/c1-9(10(2,3)4)7-6-8-13(5,11)12/h6-7,9H,8H2,1-5H3/b7-6+. The van der Waals surface area contributed by atoms with Gasteiger partial charge in [-0.15, -0.1) is 0 Å². The van der Waals surface area contributed by atoms with E-state index >= 15 is 0 Å². The normalized spacial score (nSPS) is 16.4. The maximum Gasteiger partial charge on any atom is 0.150 e. The number of sulfone groups is 1. The molecule has 0 rings (SSSR count). The Morgan fingerprint density at radius 1 is 1.31 bits per heavy atom. The van der Waals surface area contributed by atoms with E-state index in [0.29, 0.717) is 5.92 Å². The topological polar surface area (TPSA) is 34.1 Å². The largest absolute Gasteiger partial charge is 0.229 e. The molecule has 3 heteroatoms. The van der Waals surface area contributed by atoms with Gasteiger partial charge in [0.2, 0.25) is 0 Å². The Morgan fingerprint density at radius 3 is 2.08 bits per heavy atom. The molecule has 0 heterocycles. The van der Waals surface area contributed by atoms with E-state index in [1.807, 2.05) is 6.08 Å². The first-order chi connectivity index (χ1) is 5.63. The molecule has 0 fully saturated rings. The fraction of sp³-hybridized carbons (Fsp3) is 0.800. The molecule has 0 radical (unpaired) electrons. The lowest BCUT2D eigenvalue weighted by molar-refractivity contribution is 0.314. The molecule has 0 spiro atoms. The van der Waals surface area contributed by atoms with Crippen molar-refractivity contribution in [3.05, 3.63) is 12.2 Å². The lowest BCUT2D eigenvalue weighted by Crippen LogP contribution is -2.15. The molecule has 0 N–H and O–H groups in total. The Balaban J connectivity index is 4.16. The number of hydrogen-bond donors (Lipinski definition) is 0. The van der Waals surface area contributed by atoms with Crippen molar-refractivity contribution < 1.29 is 8.42 Å². The molecule has 2 nitrogen and oxygen atoms in total. The summed E-state index contributed by atoms with van der Waals surface area (Å²) in [5.41, 5.74) is 0.202. The van der Waals surface area contributed by atoms with Crippen molar-refractivity contribution in [2.45, 2.75) is 27.7 Å². The fourth-order valence-corrected chi connectivity index (χ4v) is 1.18. The van der Waals surface area contributed by atoms with E-state index in [4.69, 9.17) is 0 Å². The second-order valence-corrected chi connectivity index (χ2v) is 6.86. The van der Waals surface area contributed by atoms with Crippen molar-refractivity contribution in [2.75, 3.05) is 12.0 Å². The average Bonchev–Trinajstić information content (AvgIpc) is 1.82. The second kappa shape index (κ2) is 4.27. The third-order valence-corrected chi connectivity index (χ3v) is 2.99. The fourth-order valence-electron chi connectivity index (χ4n) is 0.723. The zero-order valence-corrected chi connectivity index (χ0v) is 9.98. The molecule has 1 unspecified atom stereocenters. The predicted octanol–water partition coefficient (Wildman–Crippen LogP) is 2.27. The van der Waals surface area contributed by atoms with E-state index in [2.05, 4.69) is 27.7 Å². The minimum Gasteiger partial charge on any atom is -0.229 e. The molecular formula is C10H20O2S. The maximum absolute atomic E-state index is 10.8. The van der Waals surface area contributed by atoms with Crippen LogP contribution >= 0.6 is 0 Å². The Morgan fingerprint density at radius 2 is 1.77 bits per heavy atom. The van der Waals surface area contributed by atoms with Gasteiger partial charge in [-0.05, 0) is 11.3 Å². The molecule has 0 amide bonds. The van der Waals surface area contributed by atoms with E-state index in [1.165, 1.54) is 6.26 Å². The molecule has 0 aliphatic heterocycles. The Labute approximate surface area is 82.0 Å². The molecule has 0 aliphatic rings. The third-order valence-electron chi connectivity index (χ3n) is 2.19. The molecule has 0 saturated heterocycles. The van der Waals surface area contributed by atoms with Crippen LogP contribution in [0.15, 0.2) is 12.2 Å². The van der Waals surface area contributed by atoms with Gasteiger partial charge in [0, 0.05) is 6.26 Å². The van der Waals surface area contributed by atoms with Gasteiger partial charge >= 0.3 is 0 Å². The molecule has 0 aromatic heterocycles. The second-order valence-electron chi connectivity index (χ2n) is 4.68. The van der Waals surface area contributed by atoms with E-state index in [-0.39, 0.29) is 11.2 Å². The van der Waals surface area contributed by atoms with Crippen molar-refractivity contribution in [3.63, 3.8) is 0 Å². The molecule has 1 atom stereocenters.